The zero-order chi connectivity index (χ0) is 14.7. The predicted molar refractivity (Wildman–Crippen MR) is 87.1 cm³/mol. The number of fused-ring (bicyclic) bond motifs is 1. The summed E-state index contributed by atoms with van der Waals surface area (Å²) in [5.74, 6) is 0.323. The van der Waals surface area contributed by atoms with Crippen LogP contribution in [0.15, 0.2) is 11.4 Å². The summed E-state index contributed by atoms with van der Waals surface area (Å²) in [6.07, 6.45) is 4.90. The van der Waals surface area contributed by atoms with Gasteiger partial charge in [0.05, 0.1) is 11.6 Å². The van der Waals surface area contributed by atoms with Gasteiger partial charge in [0.25, 0.3) is 0 Å². The molecule has 1 fully saturated rings. The van der Waals surface area contributed by atoms with Crippen molar-refractivity contribution in [3.05, 3.63) is 11.4 Å². The molecule has 5 nitrogen and oxygen atoms in total. The number of thiophene rings is 1. The number of hydrogen-bond donors (Lipinski definition) is 3. The molecule has 0 saturated heterocycles. The molecule has 2 aromatic heterocycles. The summed E-state index contributed by atoms with van der Waals surface area (Å²) in [6, 6.07) is 1.73. The Labute approximate surface area is 131 Å². The van der Waals surface area contributed by atoms with Gasteiger partial charge >= 0.3 is 6.03 Å². The third-order valence-electron chi connectivity index (χ3n) is 3.91. The van der Waals surface area contributed by atoms with Gasteiger partial charge in [-0.2, -0.15) is 0 Å². The maximum atomic E-state index is 11.8. The molecule has 3 rings (SSSR count). The number of aromatic nitrogens is 1. The van der Waals surface area contributed by atoms with E-state index in [9.17, 15) is 9.90 Å². The number of urea groups is 1. The Morgan fingerprint density at radius 1 is 1.43 bits per heavy atom. The van der Waals surface area contributed by atoms with E-state index < -0.39 is 0 Å². The van der Waals surface area contributed by atoms with Crippen LogP contribution < -0.4 is 10.6 Å². The highest BCUT2D eigenvalue weighted by molar-refractivity contribution is 7.39. The minimum atomic E-state index is -0.221. The van der Waals surface area contributed by atoms with Crippen LogP contribution in [-0.2, 0) is 0 Å². The summed E-state index contributed by atoms with van der Waals surface area (Å²) >= 11 is 3.12. The Balaban J connectivity index is 1.43. The van der Waals surface area contributed by atoms with E-state index in [-0.39, 0.29) is 12.1 Å². The first kappa shape index (κ1) is 14.7. The Kier molecular flexibility index (Phi) is 4.72. The molecule has 7 heteroatoms. The van der Waals surface area contributed by atoms with Crippen molar-refractivity contribution >= 4 is 43.4 Å². The van der Waals surface area contributed by atoms with E-state index in [0.29, 0.717) is 17.6 Å². The highest BCUT2D eigenvalue weighted by atomic mass is 32.2. The standard InChI is InChI=1S/C14H19N3O2S2/c18-11-4-2-1-3-9(11)5-7-15-13(19)17-14-16-10-6-8-20-12(10)21-14/h6,8-9,11,18H,1-5,7H2,(H2,15,16,17,19)/t9-,11-/m1/s1. The molecule has 2 heterocycles. The molecule has 0 radical (unpaired) electrons. The van der Waals surface area contributed by atoms with Crippen LogP contribution in [0.1, 0.15) is 32.1 Å². The summed E-state index contributed by atoms with van der Waals surface area (Å²) in [6.45, 7) is 0.591. The first-order chi connectivity index (χ1) is 10.2. The molecule has 2 atom stereocenters. The number of aliphatic hydroxyl groups excluding tert-OH is 1. The molecule has 0 spiro atoms. The van der Waals surface area contributed by atoms with Gasteiger partial charge in [-0.25, -0.2) is 9.78 Å². The summed E-state index contributed by atoms with van der Waals surface area (Å²) in [7, 11) is 0. The summed E-state index contributed by atoms with van der Waals surface area (Å²) < 4.78 is 1.12. The zero-order valence-corrected chi connectivity index (χ0v) is 13.3. The van der Waals surface area contributed by atoms with Crippen LogP contribution >= 0.6 is 22.7 Å². The number of anilines is 1. The highest BCUT2D eigenvalue weighted by Crippen LogP contribution is 2.30. The average molecular weight is 325 g/mol. The van der Waals surface area contributed by atoms with Crippen LogP contribution in [0, 0.1) is 5.92 Å². The molecule has 3 N–H and O–H groups in total. The van der Waals surface area contributed by atoms with Crippen LogP contribution in [-0.4, -0.2) is 28.8 Å². The van der Waals surface area contributed by atoms with E-state index >= 15 is 0 Å². The van der Waals surface area contributed by atoms with E-state index in [1.807, 2.05) is 11.4 Å². The van der Waals surface area contributed by atoms with Crippen LogP contribution in [0.25, 0.3) is 9.53 Å². The van der Waals surface area contributed by atoms with Crippen molar-refractivity contribution in [3.63, 3.8) is 0 Å². The molecule has 0 bridgehead atoms. The van der Waals surface area contributed by atoms with Crippen molar-refractivity contribution in [2.75, 3.05) is 11.9 Å². The molecule has 0 unspecified atom stereocenters. The maximum absolute atomic E-state index is 11.8. The minimum absolute atomic E-state index is 0.200. The fraction of sp³-hybridized carbons (Fsp3) is 0.571. The van der Waals surface area contributed by atoms with Gasteiger partial charge in [0.1, 0.15) is 4.01 Å². The van der Waals surface area contributed by atoms with Gasteiger partial charge in [0.15, 0.2) is 5.13 Å². The second-order valence-electron chi connectivity index (χ2n) is 5.39. The van der Waals surface area contributed by atoms with Crippen molar-refractivity contribution in [1.29, 1.82) is 0 Å². The van der Waals surface area contributed by atoms with E-state index in [4.69, 9.17) is 0 Å². The number of hydrogen-bond acceptors (Lipinski definition) is 5. The molecular weight excluding hydrogens is 306 g/mol. The van der Waals surface area contributed by atoms with Crippen LogP contribution in [0.2, 0.25) is 0 Å². The molecule has 2 amide bonds. The van der Waals surface area contributed by atoms with E-state index in [2.05, 4.69) is 15.6 Å². The van der Waals surface area contributed by atoms with Crippen LogP contribution in [0.5, 0.6) is 0 Å². The van der Waals surface area contributed by atoms with Crippen molar-refractivity contribution in [2.45, 2.75) is 38.2 Å². The second-order valence-corrected chi connectivity index (χ2v) is 7.57. The minimum Gasteiger partial charge on any atom is -0.393 e. The molecule has 0 aliphatic heterocycles. The molecular formula is C14H19N3O2S2. The lowest BCUT2D eigenvalue weighted by Crippen LogP contribution is -2.33. The van der Waals surface area contributed by atoms with Gasteiger partial charge in [-0.15, -0.1) is 11.3 Å². The van der Waals surface area contributed by atoms with E-state index in [0.717, 1.165) is 35.2 Å². The number of aliphatic hydroxyl groups is 1. The van der Waals surface area contributed by atoms with Crippen LogP contribution in [0.3, 0.4) is 0 Å². The molecule has 114 valence electrons. The van der Waals surface area contributed by atoms with Crippen molar-refractivity contribution in [2.24, 2.45) is 5.92 Å². The molecule has 0 aromatic carbocycles. The first-order valence-electron chi connectivity index (χ1n) is 7.29. The van der Waals surface area contributed by atoms with Gasteiger partial charge in [-0.05, 0) is 36.6 Å². The summed E-state index contributed by atoms with van der Waals surface area (Å²) in [5, 5.41) is 18.1. The number of rotatable bonds is 4. The average Bonchev–Trinajstić information content (AvgIpc) is 3.02. The van der Waals surface area contributed by atoms with Gasteiger partial charge in [0.2, 0.25) is 0 Å². The third-order valence-corrected chi connectivity index (χ3v) is 5.93. The van der Waals surface area contributed by atoms with Gasteiger partial charge < -0.3 is 10.4 Å². The summed E-state index contributed by atoms with van der Waals surface area (Å²) in [4.78, 5) is 16.2. The fourth-order valence-electron chi connectivity index (χ4n) is 2.76. The Morgan fingerprint density at radius 3 is 3.10 bits per heavy atom. The van der Waals surface area contributed by atoms with Crippen molar-refractivity contribution in [3.8, 4) is 0 Å². The third kappa shape index (κ3) is 3.72. The molecule has 1 aliphatic carbocycles. The van der Waals surface area contributed by atoms with Gasteiger partial charge in [-0.3, -0.25) is 5.32 Å². The zero-order valence-electron chi connectivity index (χ0n) is 11.7. The summed E-state index contributed by atoms with van der Waals surface area (Å²) in [5.41, 5.74) is 0.936. The number of nitrogens with zero attached hydrogens (tertiary/aromatic N) is 1. The van der Waals surface area contributed by atoms with Gasteiger partial charge in [-0.1, -0.05) is 24.2 Å². The maximum Gasteiger partial charge on any atom is 0.321 e. The second kappa shape index (κ2) is 6.72. The normalized spacial score (nSPS) is 22.3. The van der Waals surface area contributed by atoms with Crippen LogP contribution in [0.4, 0.5) is 9.93 Å². The monoisotopic (exact) mass is 325 g/mol. The Morgan fingerprint density at radius 2 is 2.29 bits per heavy atom. The smallest absolute Gasteiger partial charge is 0.321 e. The molecule has 2 aromatic rings. The molecule has 1 aliphatic rings. The fourth-order valence-corrected chi connectivity index (χ4v) is 4.59. The molecule has 21 heavy (non-hydrogen) atoms. The molecule has 1 saturated carbocycles. The Bertz CT molecular complexity index is 582. The van der Waals surface area contributed by atoms with E-state index in [1.54, 1.807) is 11.3 Å². The number of nitrogens with one attached hydrogen (secondary N) is 2. The van der Waals surface area contributed by atoms with E-state index in [1.165, 1.54) is 17.8 Å². The quantitative estimate of drug-likeness (QED) is 0.806. The topological polar surface area (TPSA) is 74.2 Å². The SMILES string of the molecule is O=C(NCC[C@H]1CCCC[C@H]1O)Nc1nc2ccsc2s1. The number of thiazole rings is 1. The lowest BCUT2D eigenvalue weighted by molar-refractivity contribution is 0.0658. The Hall–Kier alpha value is -1.18. The predicted octanol–water partition coefficient (Wildman–Crippen LogP) is 3.42. The lowest BCUT2D eigenvalue weighted by atomic mass is 9.84. The number of amides is 2. The van der Waals surface area contributed by atoms with Gasteiger partial charge in [0, 0.05) is 6.54 Å². The highest BCUT2D eigenvalue weighted by Gasteiger charge is 2.22. The van der Waals surface area contributed by atoms with Crippen molar-refractivity contribution in [1.82, 2.24) is 10.3 Å². The number of carbonyl (C=O) groups is 1. The lowest BCUT2D eigenvalue weighted by Gasteiger charge is -2.27. The largest absolute Gasteiger partial charge is 0.393 e. The van der Waals surface area contributed by atoms with Crippen molar-refractivity contribution < 1.29 is 9.90 Å². The first-order valence-corrected chi connectivity index (χ1v) is 8.99. The number of carbonyl (C=O) groups excluding carboxylic acids is 1.